The number of aliphatic carboxylic acids is 1. The molecule has 1 aromatic heterocycles. The summed E-state index contributed by atoms with van der Waals surface area (Å²) in [6.45, 7) is 0. The number of nitrogens with zero attached hydrogens (tertiary/aromatic N) is 1. The molecule has 0 unspecified atom stereocenters. The Hall–Kier alpha value is -2.21. The van der Waals surface area contributed by atoms with Gasteiger partial charge in [0.15, 0.2) is 0 Å². The van der Waals surface area contributed by atoms with Gasteiger partial charge in [0.25, 0.3) is 0 Å². The van der Waals surface area contributed by atoms with Crippen molar-refractivity contribution in [2.24, 2.45) is 11.8 Å². The number of benzene rings is 1. The predicted molar refractivity (Wildman–Crippen MR) is 93.2 cm³/mol. The van der Waals surface area contributed by atoms with Crippen molar-refractivity contribution in [1.29, 1.82) is 0 Å². The molecule has 2 N–H and O–H groups in total. The minimum atomic E-state index is -0.911. The number of rotatable bonds is 4. The molecular weight excluding hydrogens is 324 g/mol. The number of amides is 1. The van der Waals surface area contributed by atoms with Gasteiger partial charge in [0.1, 0.15) is 0 Å². The zero-order chi connectivity index (χ0) is 16.7. The van der Waals surface area contributed by atoms with Crippen LogP contribution >= 0.6 is 11.3 Å². The third kappa shape index (κ3) is 2.94. The fraction of sp³-hybridized carbons (Fsp3) is 0.389. The summed E-state index contributed by atoms with van der Waals surface area (Å²) < 4.78 is 1.06. The summed E-state index contributed by atoms with van der Waals surface area (Å²) in [5.74, 6) is -1.69. The minimum absolute atomic E-state index is 0.224. The molecule has 0 spiro atoms. The van der Waals surface area contributed by atoms with Gasteiger partial charge in [-0.25, -0.2) is 4.98 Å². The molecule has 0 saturated heterocycles. The van der Waals surface area contributed by atoms with Crippen molar-refractivity contribution < 1.29 is 14.7 Å². The summed E-state index contributed by atoms with van der Waals surface area (Å²) in [6, 6.07) is 5.69. The highest BCUT2D eigenvalue weighted by atomic mass is 32.1. The molecule has 0 aliphatic heterocycles. The van der Waals surface area contributed by atoms with E-state index in [0.29, 0.717) is 24.4 Å². The van der Waals surface area contributed by atoms with E-state index in [2.05, 4.69) is 10.3 Å². The SMILES string of the molecule is O=C(O)[C@@H]1CC=CC[C@H]1C(=O)Nc1ccc2nc(C3CC3)sc2c1. The van der Waals surface area contributed by atoms with Gasteiger partial charge in [0.05, 0.1) is 27.1 Å². The maximum atomic E-state index is 12.5. The van der Waals surface area contributed by atoms with Crippen molar-refractivity contribution in [3.63, 3.8) is 0 Å². The number of anilines is 1. The van der Waals surface area contributed by atoms with Crippen LogP contribution in [0.15, 0.2) is 30.4 Å². The van der Waals surface area contributed by atoms with E-state index in [9.17, 15) is 14.7 Å². The molecule has 0 bridgehead atoms. The quantitative estimate of drug-likeness (QED) is 0.829. The van der Waals surface area contributed by atoms with E-state index in [4.69, 9.17) is 0 Å². The predicted octanol–water partition coefficient (Wildman–Crippen LogP) is 3.78. The molecule has 5 nitrogen and oxygen atoms in total. The Labute approximate surface area is 143 Å². The van der Waals surface area contributed by atoms with E-state index in [1.54, 1.807) is 11.3 Å². The zero-order valence-corrected chi connectivity index (χ0v) is 13.9. The Morgan fingerprint density at radius 3 is 2.62 bits per heavy atom. The molecule has 2 atom stereocenters. The fourth-order valence-electron chi connectivity index (χ4n) is 3.14. The molecule has 4 rings (SSSR count). The van der Waals surface area contributed by atoms with Crippen molar-refractivity contribution in [3.05, 3.63) is 35.4 Å². The largest absolute Gasteiger partial charge is 0.481 e. The number of aromatic nitrogens is 1. The number of allylic oxidation sites excluding steroid dienone is 2. The number of carbonyl (C=O) groups excluding carboxylic acids is 1. The second-order valence-electron chi connectivity index (χ2n) is 6.49. The normalized spacial score (nSPS) is 23.3. The van der Waals surface area contributed by atoms with E-state index in [1.165, 1.54) is 17.8 Å². The smallest absolute Gasteiger partial charge is 0.307 e. The van der Waals surface area contributed by atoms with E-state index in [-0.39, 0.29) is 5.91 Å². The van der Waals surface area contributed by atoms with Gasteiger partial charge in [-0.1, -0.05) is 12.2 Å². The summed E-state index contributed by atoms with van der Waals surface area (Å²) in [6.07, 6.45) is 7.04. The van der Waals surface area contributed by atoms with E-state index >= 15 is 0 Å². The van der Waals surface area contributed by atoms with Gasteiger partial charge in [-0.3, -0.25) is 9.59 Å². The number of carboxylic acid groups (broad SMARTS) is 1. The lowest BCUT2D eigenvalue weighted by Crippen LogP contribution is -2.34. The number of fused-ring (bicyclic) bond motifs is 1. The average molecular weight is 342 g/mol. The summed E-state index contributed by atoms with van der Waals surface area (Å²) in [7, 11) is 0. The monoisotopic (exact) mass is 342 g/mol. The lowest BCUT2D eigenvalue weighted by Gasteiger charge is -2.24. The van der Waals surface area contributed by atoms with E-state index in [1.807, 2.05) is 30.4 Å². The second-order valence-corrected chi connectivity index (χ2v) is 7.55. The summed E-state index contributed by atoms with van der Waals surface area (Å²) in [4.78, 5) is 28.5. The highest BCUT2D eigenvalue weighted by Gasteiger charge is 2.34. The Kier molecular flexibility index (Phi) is 3.84. The molecule has 1 fully saturated rings. The third-order valence-electron chi connectivity index (χ3n) is 4.69. The van der Waals surface area contributed by atoms with Crippen LogP contribution in [0.3, 0.4) is 0 Å². The van der Waals surface area contributed by atoms with Gasteiger partial charge in [-0.2, -0.15) is 0 Å². The molecule has 0 radical (unpaired) electrons. The second kappa shape index (κ2) is 6.02. The highest BCUT2D eigenvalue weighted by molar-refractivity contribution is 7.18. The van der Waals surface area contributed by atoms with Crippen LogP contribution in [-0.2, 0) is 9.59 Å². The van der Waals surface area contributed by atoms with Crippen molar-refractivity contribution in [2.45, 2.75) is 31.6 Å². The molecule has 2 aliphatic carbocycles. The molecule has 1 saturated carbocycles. The van der Waals surface area contributed by atoms with Gasteiger partial charge in [-0.05, 0) is 43.9 Å². The number of nitrogens with one attached hydrogen (secondary N) is 1. The topological polar surface area (TPSA) is 79.3 Å². The lowest BCUT2D eigenvalue weighted by atomic mass is 9.82. The molecule has 1 aromatic carbocycles. The zero-order valence-electron chi connectivity index (χ0n) is 13.1. The van der Waals surface area contributed by atoms with Crippen molar-refractivity contribution >= 4 is 39.1 Å². The van der Waals surface area contributed by atoms with Crippen LogP contribution in [-0.4, -0.2) is 22.0 Å². The van der Waals surface area contributed by atoms with E-state index < -0.39 is 17.8 Å². The number of hydrogen-bond donors (Lipinski definition) is 2. The van der Waals surface area contributed by atoms with Crippen LogP contribution in [0, 0.1) is 11.8 Å². The first-order chi connectivity index (χ1) is 11.6. The maximum Gasteiger partial charge on any atom is 0.307 e. The Morgan fingerprint density at radius 2 is 1.92 bits per heavy atom. The first kappa shape index (κ1) is 15.3. The lowest BCUT2D eigenvalue weighted by molar-refractivity contribution is -0.146. The van der Waals surface area contributed by atoms with E-state index in [0.717, 1.165) is 10.2 Å². The van der Waals surface area contributed by atoms with Gasteiger partial charge >= 0.3 is 5.97 Å². The molecule has 2 aromatic rings. The number of hydrogen-bond acceptors (Lipinski definition) is 4. The van der Waals surface area contributed by atoms with Crippen LogP contribution in [0.2, 0.25) is 0 Å². The summed E-state index contributed by atoms with van der Waals surface area (Å²) in [5.41, 5.74) is 1.67. The molecule has 2 aliphatic rings. The Bertz CT molecular complexity index is 838. The van der Waals surface area contributed by atoms with Crippen molar-refractivity contribution in [3.8, 4) is 0 Å². The summed E-state index contributed by atoms with van der Waals surface area (Å²) >= 11 is 1.68. The first-order valence-corrected chi connectivity index (χ1v) is 9.02. The van der Waals surface area contributed by atoms with Crippen LogP contribution in [0.4, 0.5) is 5.69 Å². The number of thiazole rings is 1. The third-order valence-corrected chi connectivity index (χ3v) is 5.87. The molecule has 1 heterocycles. The maximum absolute atomic E-state index is 12.5. The van der Waals surface area contributed by atoms with Crippen LogP contribution in [0.1, 0.15) is 36.6 Å². The minimum Gasteiger partial charge on any atom is -0.481 e. The first-order valence-electron chi connectivity index (χ1n) is 8.21. The summed E-state index contributed by atoms with van der Waals surface area (Å²) in [5, 5.41) is 13.4. The molecule has 1 amide bonds. The van der Waals surface area contributed by atoms with Crippen molar-refractivity contribution in [2.75, 3.05) is 5.32 Å². The van der Waals surface area contributed by atoms with Crippen molar-refractivity contribution in [1.82, 2.24) is 4.98 Å². The average Bonchev–Trinajstić information content (AvgIpc) is 3.34. The van der Waals surface area contributed by atoms with Crippen LogP contribution in [0.5, 0.6) is 0 Å². The number of carbonyl (C=O) groups is 2. The van der Waals surface area contributed by atoms with Gasteiger partial charge < -0.3 is 10.4 Å². The Balaban J connectivity index is 1.53. The molecule has 24 heavy (non-hydrogen) atoms. The molecular formula is C18H18N2O3S. The van der Waals surface area contributed by atoms with Gasteiger partial charge in [-0.15, -0.1) is 11.3 Å². The Morgan fingerprint density at radius 1 is 1.17 bits per heavy atom. The van der Waals surface area contributed by atoms with Gasteiger partial charge in [0, 0.05) is 11.6 Å². The number of carboxylic acids is 1. The highest BCUT2D eigenvalue weighted by Crippen LogP contribution is 2.43. The standard InChI is InChI=1S/C18H18N2O3S/c21-16(12-3-1-2-4-13(12)18(22)23)19-11-7-8-14-15(9-11)24-17(20-14)10-5-6-10/h1-2,7-10,12-13H,3-6H2,(H,19,21)(H,22,23)/t12-,13-/m1/s1. The molecule has 124 valence electrons. The van der Waals surface area contributed by atoms with Crippen LogP contribution < -0.4 is 5.32 Å². The fourth-order valence-corrected chi connectivity index (χ4v) is 4.31. The van der Waals surface area contributed by atoms with Gasteiger partial charge in [0.2, 0.25) is 5.91 Å². The molecule has 6 heteroatoms. The van der Waals surface area contributed by atoms with Crippen LogP contribution in [0.25, 0.3) is 10.2 Å².